The van der Waals surface area contributed by atoms with Crippen LogP contribution in [0.4, 0.5) is 0 Å². The normalized spacial score (nSPS) is 10.8. The van der Waals surface area contributed by atoms with E-state index in [1.54, 1.807) is 10.7 Å². The second-order valence-corrected chi connectivity index (χ2v) is 2.95. The molecule has 0 saturated heterocycles. The monoisotopic (exact) mass is 176 g/mol. The molecule has 0 aliphatic heterocycles. The zero-order chi connectivity index (χ0) is 9.10. The minimum absolute atomic E-state index is 0.896. The van der Waals surface area contributed by atoms with Crippen LogP contribution in [0.2, 0.25) is 0 Å². The maximum Gasteiger partial charge on any atom is 0.154 e. The first-order chi connectivity index (χ1) is 6.40. The van der Waals surface area contributed by atoms with E-state index < -0.39 is 0 Å². The summed E-state index contributed by atoms with van der Waals surface area (Å²) in [5, 5.41) is 7.22. The molecule has 0 saturated carbocycles. The Labute approximate surface area is 76.6 Å². The third kappa shape index (κ3) is 1.67. The first-order valence-corrected chi connectivity index (χ1v) is 4.33. The second kappa shape index (κ2) is 3.53. The Morgan fingerprint density at radius 2 is 2.46 bits per heavy atom. The first-order valence-electron chi connectivity index (χ1n) is 4.33. The van der Waals surface area contributed by atoms with E-state index >= 15 is 0 Å². The molecule has 1 N–H and O–H groups in total. The van der Waals surface area contributed by atoms with Crippen molar-refractivity contribution in [2.24, 2.45) is 0 Å². The van der Waals surface area contributed by atoms with Gasteiger partial charge in [-0.1, -0.05) is 0 Å². The molecule has 0 fully saturated rings. The molecule has 4 nitrogen and oxygen atoms in total. The van der Waals surface area contributed by atoms with E-state index in [9.17, 15) is 0 Å². The molecule has 0 amide bonds. The van der Waals surface area contributed by atoms with E-state index in [2.05, 4.69) is 15.4 Å². The quantitative estimate of drug-likeness (QED) is 0.740. The van der Waals surface area contributed by atoms with E-state index in [4.69, 9.17) is 0 Å². The SMILES string of the molecule is CNCCc1cnc2ccnn2c1. The molecule has 0 bridgehead atoms. The standard InChI is InChI=1S/C9H12N4/c1-10-4-2-8-6-11-9-3-5-12-13(9)7-8/h3,5-7,10H,2,4H2,1H3. The number of hydrogen-bond acceptors (Lipinski definition) is 3. The molecule has 0 radical (unpaired) electrons. The minimum atomic E-state index is 0.896. The molecule has 68 valence electrons. The highest BCUT2D eigenvalue weighted by molar-refractivity contribution is 5.35. The van der Waals surface area contributed by atoms with Crippen molar-refractivity contribution in [2.75, 3.05) is 13.6 Å². The van der Waals surface area contributed by atoms with Gasteiger partial charge in [0, 0.05) is 18.5 Å². The average molecular weight is 176 g/mol. The summed E-state index contributed by atoms with van der Waals surface area (Å²) in [6, 6.07) is 1.89. The van der Waals surface area contributed by atoms with Gasteiger partial charge in [-0.05, 0) is 25.6 Å². The number of fused-ring (bicyclic) bond motifs is 1. The second-order valence-electron chi connectivity index (χ2n) is 2.95. The fourth-order valence-corrected chi connectivity index (χ4v) is 1.25. The van der Waals surface area contributed by atoms with Gasteiger partial charge in [0.25, 0.3) is 0 Å². The number of nitrogens with zero attached hydrogens (tertiary/aromatic N) is 3. The fraction of sp³-hybridized carbons (Fsp3) is 0.333. The van der Waals surface area contributed by atoms with Gasteiger partial charge in [0.15, 0.2) is 5.65 Å². The van der Waals surface area contributed by atoms with Crippen LogP contribution in [-0.4, -0.2) is 28.2 Å². The van der Waals surface area contributed by atoms with Gasteiger partial charge < -0.3 is 5.32 Å². The van der Waals surface area contributed by atoms with Crippen molar-refractivity contribution in [2.45, 2.75) is 6.42 Å². The third-order valence-corrected chi connectivity index (χ3v) is 1.96. The van der Waals surface area contributed by atoms with Crippen LogP contribution in [0, 0.1) is 0 Å². The molecule has 0 atom stereocenters. The van der Waals surface area contributed by atoms with Crippen molar-refractivity contribution in [1.82, 2.24) is 19.9 Å². The van der Waals surface area contributed by atoms with Crippen LogP contribution in [0.3, 0.4) is 0 Å². The number of aromatic nitrogens is 3. The summed E-state index contributed by atoms with van der Waals surface area (Å²) >= 11 is 0. The summed E-state index contributed by atoms with van der Waals surface area (Å²) in [4.78, 5) is 4.27. The summed E-state index contributed by atoms with van der Waals surface area (Å²) in [5.41, 5.74) is 2.10. The highest BCUT2D eigenvalue weighted by Crippen LogP contribution is 2.01. The van der Waals surface area contributed by atoms with Crippen LogP contribution >= 0.6 is 0 Å². The zero-order valence-electron chi connectivity index (χ0n) is 7.57. The predicted octanol–water partition coefficient (Wildman–Crippen LogP) is 0.491. The van der Waals surface area contributed by atoms with Gasteiger partial charge in [0.05, 0.1) is 6.20 Å². The Hall–Kier alpha value is -1.42. The lowest BCUT2D eigenvalue weighted by atomic mass is 10.2. The molecule has 13 heavy (non-hydrogen) atoms. The van der Waals surface area contributed by atoms with E-state index in [-0.39, 0.29) is 0 Å². The Kier molecular flexibility index (Phi) is 2.23. The number of rotatable bonds is 3. The molecule has 0 aromatic carbocycles. The summed E-state index contributed by atoms with van der Waals surface area (Å²) in [6.45, 7) is 0.967. The van der Waals surface area contributed by atoms with Crippen molar-refractivity contribution < 1.29 is 0 Å². The number of nitrogens with one attached hydrogen (secondary N) is 1. The van der Waals surface area contributed by atoms with E-state index in [0.717, 1.165) is 18.6 Å². The largest absolute Gasteiger partial charge is 0.319 e. The Morgan fingerprint density at radius 3 is 3.31 bits per heavy atom. The lowest BCUT2D eigenvalue weighted by Gasteiger charge is -2.00. The maximum atomic E-state index is 4.27. The van der Waals surface area contributed by atoms with E-state index in [0.29, 0.717) is 0 Å². The van der Waals surface area contributed by atoms with Gasteiger partial charge in [-0.25, -0.2) is 9.50 Å². The van der Waals surface area contributed by atoms with E-state index in [1.165, 1.54) is 5.56 Å². The molecule has 0 unspecified atom stereocenters. The van der Waals surface area contributed by atoms with Crippen molar-refractivity contribution in [1.29, 1.82) is 0 Å². The highest BCUT2D eigenvalue weighted by Gasteiger charge is 1.96. The molecule has 0 aliphatic carbocycles. The number of likely N-dealkylation sites (N-methyl/N-ethyl adjacent to an activating group) is 1. The molecule has 0 spiro atoms. The van der Waals surface area contributed by atoms with Crippen LogP contribution in [-0.2, 0) is 6.42 Å². The summed E-state index contributed by atoms with van der Waals surface area (Å²) in [7, 11) is 1.94. The van der Waals surface area contributed by atoms with Gasteiger partial charge in [-0.15, -0.1) is 0 Å². The summed E-state index contributed by atoms with van der Waals surface area (Å²) in [6.07, 6.45) is 6.65. The predicted molar refractivity (Wildman–Crippen MR) is 50.6 cm³/mol. The van der Waals surface area contributed by atoms with Gasteiger partial charge in [-0.3, -0.25) is 0 Å². The molecule has 2 heterocycles. The third-order valence-electron chi connectivity index (χ3n) is 1.96. The average Bonchev–Trinajstić information content (AvgIpc) is 2.61. The van der Waals surface area contributed by atoms with Gasteiger partial charge in [0.2, 0.25) is 0 Å². The molecule has 2 aromatic heterocycles. The fourth-order valence-electron chi connectivity index (χ4n) is 1.25. The Morgan fingerprint density at radius 1 is 1.54 bits per heavy atom. The lowest BCUT2D eigenvalue weighted by Crippen LogP contribution is -2.10. The molecular formula is C9H12N4. The van der Waals surface area contributed by atoms with Gasteiger partial charge in [0.1, 0.15) is 0 Å². The topological polar surface area (TPSA) is 42.2 Å². The molecule has 4 heteroatoms. The Bertz CT molecular complexity index is 393. The van der Waals surface area contributed by atoms with E-state index in [1.807, 2.05) is 25.5 Å². The van der Waals surface area contributed by atoms with Gasteiger partial charge >= 0.3 is 0 Å². The van der Waals surface area contributed by atoms with Crippen molar-refractivity contribution in [3.63, 3.8) is 0 Å². The maximum absolute atomic E-state index is 4.27. The first kappa shape index (κ1) is 8.19. The minimum Gasteiger partial charge on any atom is -0.319 e. The summed E-state index contributed by atoms with van der Waals surface area (Å²) < 4.78 is 1.80. The smallest absolute Gasteiger partial charge is 0.154 e. The lowest BCUT2D eigenvalue weighted by molar-refractivity contribution is 0.779. The van der Waals surface area contributed by atoms with Crippen LogP contribution in [0.15, 0.2) is 24.7 Å². The van der Waals surface area contributed by atoms with Crippen LogP contribution in [0.25, 0.3) is 5.65 Å². The molecular weight excluding hydrogens is 164 g/mol. The molecule has 0 aliphatic rings. The van der Waals surface area contributed by atoms with Crippen molar-refractivity contribution in [3.05, 3.63) is 30.2 Å². The Balaban J connectivity index is 2.26. The summed E-state index contributed by atoms with van der Waals surface area (Å²) in [5.74, 6) is 0. The zero-order valence-corrected chi connectivity index (χ0v) is 7.57. The van der Waals surface area contributed by atoms with Crippen LogP contribution < -0.4 is 5.32 Å². The molecule has 2 rings (SSSR count). The molecule has 2 aromatic rings. The van der Waals surface area contributed by atoms with Crippen molar-refractivity contribution >= 4 is 5.65 Å². The van der Waals surface area contributed by atoms with Crippen LogP contribution in [0.5, 0.6) is 0 Å². The van der Waals surface area contributed by atoms with Gasteiger partial charge in [-0.2, -0.15) is 5.10 Å². The van der Waals surface area contributed by atoms with Crippen molar-refractivity contribution in [3.8, 4) is 0 Å². The van der Waals surface area contributed by atoms with Crippen LogP contribution in [0.1, 0.15) is 5.56 Å². The number of hydrogen-bond donors (Lipinski definition) is 1. The highest BCUT2D eigenvalue weighted by atomic mass is 15.2.